The Morgan fingerprint density at radius 2 is 1.85 bits per heavy atom. The molecule has 0 saturated carbocycles. The molecule has 5 heteroatoms. The van der Waals surface area contributed by atoms with Crippen molar-refractivity contribution in [2.45, 2.75) is 56.4 Å². The fourth-order valence-electron chi connectivity index (χ4n) is 5.26. The van der Waals surface area contributed by atoms with Crippen LogP contribution < -0.4 is 0 Å². The SMILES string of the molecule is O=C1C(O)C(O)C[C@@H]2[C@H]3CCCN4CCC[C@@H](CN12)[C@@H]34. The second-order valence-corrected chi connectivity index (χ2v) is 7.04. The predicted octanol–water partition coefficient (Wildman–Crippen LogP) is -0.187. The van der Waals surface area contributed by atoms with E-state index >= 15 is 0 Å². The summed E-state index contributed by atoms with van der Waals surface area (Å²) in [6, 6.07) is 0.747. The number of aliphatic hydroxyl groups excluding tert-OH is 2. The third kappa shape index (κ3) is 1.76. The largest absolute Gasteiger partial charge is 0.390 e. The third-order valence-corrected chi connectivity index (χ3v) is 6.06. The second-order valence-electron chi connectivity index (χ2n) is 7.04. The van der Waals surface area contributed by atoms with Crippen LogP contribution in [0, 0.1) is 11.8 Å². The van der Waals surface area contributed by atoms with Crippen LogP contribution in [0.5, 0.6) is 0 Å². The lowest BCUT2D eigenvalue weighted by molar-refractivity contribution is -0.174. The van der Waals surface area contributed by atoms with Crippen molar-refractivity contribution in [2.75, 3.05) is 19.6 Å². The van der Waals surface area contributed by atoms with Gasteiger partial charge in [0.1, 0.15) is 0 Å². The Labute approximate surface area is 119 Å². The normalized spacial score (nSPS) is 48.7. The van der Waals surface area contributed by atoms with Crippen molar-refractivity contribution in [2.24, 2.45) is 11.8 Å². The molecule has 0 radical (unpaired) electrons. The average molecular weight is 280 g/mol. The van der Waals surface area contributed by atoms with E-state index in [2.05, 4.69) is 4.90 Å². The number of amides is 1. The van der Waals surface area contributed by atoms with E-state index in [9.17, 15) is 15.0 Å². The quantitative estimate of drug-likeness (QED) is 0.646. The fourth-order valence-corrected chi connectivity index (χ4v) is 5.26. The van der Waals surface area contributed by atoms with Crippen molar-refractivity contribution >= 4 is 5.91 Å². The number of rotatable bonds is 0. The Bertz CT molecular complexity index is 414. The third-order valence-electron chi connectivity index (χ3n) is 6.06. The molecule has 1 amide bonds. The number of piperidine rings is 4. The van der Waals surface area contributed by atoms with Gasteiger partial charge < -0.3 is 15.1 Å². The van der Waals surface area contributed by atoms with E-state index in [1.54, 1.807) is 0 Å². The summed E-state index contributed by atoms with van der Waals surface area (Å²) in [6.07, 6.45) is 3.26. The van der Waals surface area contributed by atoms with Gasteiger partial charge in [0.25, 0.3) is 5.91 Å². The molecule has 4 heterocycles. The maximum atomic E-state index is 12.3. The number of nitrogens with zero attached hydrogens (tertiary/aromatic N) is 2. The number of hydrogen-bond donors (Lipinski definition) is 2. The average Bonchev–Trinajstić information content (AvgIpc) is 2.47. The minimum atomic E-state index is -1.20. The first kappa shape index (κ1) is 13.0. The Morgan fingerprint density at radius 1 is 1.10 bits per heavy atom. The maximum absolute atomic E-state index is 12.3. The molecule has 6 atom stereocenters. The van der Waals surface area contributed by atoms with Crippen LogP contribution in [0.3, 0.4) is 0 Å². The number of fused-ring (bicyclic) bond motifs is 2. The molecule has 5 nitrogen and oxygen atoms in total. The lowest BCUT2D eigenvalue weighted by atomic mass is 9.67. The molecule has 4 rings (SSSR count). The van der Waals surface area contributed by atoms with Crippen LogP contribution in [0.2, 0.25) is 0 Å². The number of carbonyl (C=O) groups excluding carboxylic acids is 1. The highest BCUT2D eigenvalue weighted by atomic mass is 16.3. The van der Waals surface area contributed by atoms with Gasteiger partial charge in [-0.1, -0.05) is 0 Å². The van der Waals surface area contributed by atoms with E-state index in [0.29, 0.717) is 24.3 Å². The summed E-state index contributed by atoms with van der Waals surface area (Å²) in [7, 11) is 0. The van der Waals surface area contributed by atoms with Gasteiger partial charge in [0, 0.05) is 18.6 Å². The first-order chi connectivity index (χ1) is 9.66. The summed E-state index contributed by atoms with van der Waals surface area (Å²) >= 11 is 0. The number of aliphatic hydroxyl groups is 2. The highest BCUT2D eigenvalue weighted by Crippen LogP contribution is 2.44. The molecule has 0 aromatic rings. The molecule has 112 valence electrons. The Kier molecular flexibility index (Phi) is 3.05. The van der Waals surface area contributed by atoms with Crippen molar-refractivity contribution < 1.29 is 15.0 Å². The first-order valence-corrected chi connectivity index (χ1v) is 8.07. The van der Waals surface area contributed by atoms with Gasteiger partial charge in [0.05, 0.1) is 6.10 Å². The standard InChI is InChI=1S/C15H24N2O3/c18-12-7-11-10-4-2-6-16-5-1-3-9(13(10)16)8-17(11)15(20)14(12)19/h9-14,18-19H,1-8H2/t9-,10+,11+,12?,13-,14?/m0/s1. The first-order valence-electron chi connectivity index (χ1n) is 8.07. The van der Waals surface area contributed by atoms with Crippen molar-refractivity contribution in [3.05, 3.63) is 0 Å². The topological polar surface area (TPSA) is 64.0 Å². The van der Waals surface area contributed by atoms with Crippen LogP contribution in [0.1, 0.15) is 32.1 Å². The van der Waals surface area contributed by atoms with Crippen LogP contribution in [-0.4, -0.2) is 69.8 Å². The molecule has 0 spiro atoms. The zero-order valence-corrected chi connectivity index (χ0v) is 11.8. The lowest BCUT2D eigenvalue weighted by Crippen LogP contribution is -2.69. The van der Waals surface area contributed by atoms with Crippen molar-refractivity contribution in [3.63, 3.8) is 0 Å². The van der Waals surface area contributed by atoms with Gasteiger partial charge in [-0.15, -0.1) is 0 Å². The van der Waals surface area contributed by atoms with Gasteiger partial charge in [0.2, 0.25) is 0 Å². The maximum Gasteiger partial charge on any atom is 0.254 e. The molecule has 4 fully saturated rings. The Balaban J connectivity index is 1.66. The summed E-state index contributed by atoms with van der Waals surface area (Å²) in [4.78, 5) is 16.8. The monoisotopic (exact) mass is 280 g/mol. The van der Waals surface area contributed by atoms with E-state index in [1.807, 2.05) is 4.90 Å². The molecule has 0 bridgehead atoms. The van der Waals surface area contributed by atoms with Crippen LogP contribution >= 0.6 is 0 Å². The summed E-state index contributed by atoms with van der Waals surface area (Å²) in [6.45, 7) is 3.18. The van der Waals surface area contributed by atoms with Crippen molar-refractivity contribution in [1.82, 2.24) is 9.80 Å². The van der Waals surface area contributed by atoms with Crippen LogP contribution in [0.25, 0.3) is 0 Å². The summed E-state index contributed by atoms with van der Waals surface area (Å²) < 4.78 is 0. The zero-order valence-electron chi connectivity index (χ0n) is 11.8. The minimum absolute atomic E-state index is 0.142. The highest BCUT2D eigenvalue weighted by Gasteiger charge is 2.53. The smallest absolute Gasteiger partial charge is 0.254 e. The summed E-state index contributed by atoms with van der Waals surface area (Å²) in [5.41, 5.74) is 0. The van der Waals surface area contributed by atoms with Gasteiger partial charge in [-0.3, -0.25) is 9.69 Å². The minimum Gasteiger partial charge on any atom is -0.390 e. The molecule has 20 heavy (non-hydrogen) atoms. The molecular formula is C15H24N2O3. The number of hydrogen-bond acceptors (Lipinski definition) is 4. The van der Waals surface area contributed by atoms with E-state index in [1.165, 1.54) is 32.4 Å². The van der Waals surface area contributed by atoms with Crippen LogP contribution in [-0.2, 0) is 4.79 Å². The van der Waals surface area contributed by atoms with Gasteiger partial charge in [-0.25, -0.2) is 0 Å². The zero-order chi connectivity index (χ0) is 13.9. The highest BCUT2D eigenvalue weighted by molar-refractivity contribution is 5.82. The Morgan fingerprint density at radius 3 is 2.65 bits per heavy atom. The predicted molar refractivity (Wildman–Crippen MR) is 72.9 cm³/mol. The fraction of sp³-hybridized carbons (Fsp3) is 0.933. The van der Waals surface area contributed by atoms with Crippen LogP contribution in [0.15, 0.2) is 0 Å². The molecule has 2 N–H and O–H groups in total. The van der Waals surface area contributed by atoms with E-state index in [0.717, 1.165) is 13.0 Å². The van der Waals surface area contributed by atoms with Gasteiger partial charge in [-0.2, -0.15) is 0 Å². The van der Waals surface area contributed by atoms with Gasteiger partial charge in [0.15, 0.2) is 6.10 Å². The van der Waals surface area contributed by atoms with E-state index < -0.39 is 12.2 Å². The summed E-state index contributed by atoms with van der Waals surface area (Å²) in [5, 5.41) is 19.8. The molecule has 0 aliphatic carbocycles. The molecule has 4 aliphatic heterocycles. The van der Waals surface area contributed by atoms with Crippen LogP contribution in [0.4, 0.5) is 0 Å². The number of carbonyl (C=O) groups is 1. The second kappa shape index (κ2) is 4.68. The molecule has 4 saturated heterocycles. The molecule has 0 aromatic carbocycles. The molecule has 0 aromatic heterocycles. The molecular weight excluding hydrogens is 256 g/mol. The van der Waals surface area contributed by atoms with Gasteiger partial charge in [-0.05, 0) is 57.0 Å². The van der Waals surface area contributed by atoms with E-state index in [-0.39, 0.29) is 11.9 Å². The Hall–Kier alpha value is -0.650. The lowest BCUT2D eigenvalue weighted by Gasteiger charge is -2.59. The molecule has 2 unspecified atom stereocenters. The van der Waals surface area contributed by atoms with Crippen molar-refractivity contribution in [1.29, 1.82) is 0 Å². The molecule has 4 aliphatic rings. The van der Waals surface area contributed by atoms with Gasteiger partial charge >= 0.3 is 0 Å². The van der Waals surface area contributed by atoms with Crippen molar-refractivity contribution in [3.8, 4) is 0 Å². The van der Waals surface area contributed by atoms with E-state index in [4.69, 9.17) is 0 Å². The summed E-state index contributed by atoms with van der Waals surface area (Å²) in [5.74, 6) is 0.820.